The zero-order valence-corrected chi connectivity index (χ0v) is 31.0. The van der Waals surface area contributed by atoms with Gasteiger partial charge < -0.3 is 14.4 Å². The molecule has 1 atom stereocenters. The van der Waals surface area contributed by atoms with E-state index >= 15 is 0 Å². The number of hydrogen-bond donors (Lipinski definition) is 1. The van der Waals surface area contributed by atoms with E-state index in [2.05, 4.69) is 71.7 Å². The van der Waals surface area contributed by atoms with Gasteiger partial charge in [0.05, 0.1) is 24.2 Å². The first kappa shape index (κ1) is 36.2. The van der Waals surface area contributed by atoms with E-state index in [-0.39, 0.29) is 12.5 Å². The molecule has 7 aromatic rings. The van der Waals surface area contributed by atoms with Crippen LogP contribution in [0.1, 0.15) is 78.5 Å². The highest BCUT2D eigenvalue weighted by atomic mass is 16.5. The van der Waals surface area contributed by atoms with Crippen molar-refractivity contribution in [3.8, 4) is 22.5 Å². The van der Waals surface area contributed by atoms with Crippen molar-refractivity contribution >= 4 is 5.97 Å². The molecule has 0 aliphatic rings. The van der Waals surface area contributed by atoms with Gasteiger partial charge in [0.1, 0.15) is 0 Å². The number of imidazole rings is 1. The fraction of sp³-hybridized carbons (Fsp3) is 0.222. The summed E-state index contributed by atoms with van der Waals surface area (Å²) in [7, 11) is 0. The van der Waals surface area contributed by atoms with Gasteiger partial charge in [-0.1, -0.05) is 146 Å². The predicted molar refractivity (Wildman–Crippen MR) is 210 cm³/mol. The van der Waals surface area contributed by atoms with E-state index in [1.54, 1.807) is 31.9 Å². The Morgan fingerprint density at radius 1 is 0.759 bits per heavy atom. The topological polar surface area (TPSA) is 108 Å². The van der Waals surface area contributed by atoms with Crippen molar-refractivity contribution in [2.45, 2.75) is 57.7 Å². The second-order valence-corrected chi connectivity index (χ2v) is 14.2. The average molecular weight is 717 g/mol. The zero-order valence-electron chi connectivity index (χ0n) is 31.0. The van der Waals surface area contributed by atoms with Crippen LogP contribution in [0.5, 0.6) is 0 Å². The Balaban J connectivity index is 1.24. The van der Waals surface area contributed by atoms with Gasteiger partial charge in [0.25, 0.3) is 0 Å². The third-order valence-corrected chi connectivity index (χ3v) is 9.68. The Bertz CT molecular complexity index is 2210. The number of rotatable bonds is 13. The zero-order chi connectivity index (χ0) is 37.7. The highest BCUT2D eigenvalue weighted by molar-refractivity contribution is 5.89. The molecule has 0 spiro atoms. The fourth-order valence-electron chi connectivity index (χ4n) is 7.41. The molecule has 0 aliphatic heterocycles. The second-order valence-electron chi connectivity index (χ2n) is 14.2. The third kappa shape index (κ3) is 7.23. The molecule has 0 radical (unpaired) electrons. The second kappa shape index (κ2) is 15.4. The quantitative estimate of drug-likeness (QED) is 0.0942. The standard InChI is InChI=1S/C45H44N6O3/c1-5-54-43(52)41-40(32(2)29-44(3,4)53)46-31-50(41)30-33-25-27-34(28-26-33)38-23-15-16-24-39(38)42-47-49-51(48-42)45(35-17-9-6-10-18-35,36-19-11-7-12-20-36)37-21-13-8-14-22-37/h6-28,31-32,53H,5,29-30H2,1-4H3. The molecule has 1 N–H and O–H groups in total. The van der Waals surface area contributed by atoms with Crippen LogP contribution in [0.25, 0.3) is 22.5 Å². The Morgan fingerprint density at radius 2 is 1.30 bits per heavy atom. The van der Waals surface area contributed by atoms with Crippen LogP contribution in [-0.2, 0) is 16.8 Å². The van der Waals surface area contributed by atoms with Crippen LogP contribution in [-0.4, -0.2) is 53.0 Å². The number of aromatic nitrogens is 6. The van der Waals surface area contributed by atoms with Gasteiger partial charge in [-0.15, -0.1) is 15.0 Å². The summed E-state index contributed by atoms with van der Waals surface area (Å²) in [6.07, 6.45) is 2.14. The molecule has 9 heteroatoms. The highest BCUT2D eigenvalue weighted by Gasteiger charge is 2.41. The summed E-state index contributed by atoms with van der Waals surface area (Å²) in [5.41, 5.74) is 6.08. The molecule has 2 heterocycles. The average Bonchev–Trinajstić information content (AvgIpc) is 3.85. The summed E-state index contributed by atoms with van der Waals surface area (Å²) >= 11 is 0. The van der Waals surface area contributed by atoms with Crippen LogP contribution in [0.15, 0.2) is 146 Å². The highest BCUT2D eigenvalue weighted by Crippen LogP contribution is 2.40. The first-order valence-corrected chi connectivity index (χ1v) is 18.3. The van der Waals surface area contributed by atoms with Gasteiger partial charge in [0, 0.05) is 18.0 Å². The molecule has 1 unspecified atom stereocenters. The number of tetrazole rings is 1. The Morgan fingerprint density at radius 3 is 1.83 bits per heavy atom. The van der Waals surface area contributed by atoms with E-state index in [9.17, 15) is 9.90 Å². The van der Waals surface area contributed by atoms with Crippen molar-refractivity contribution in [3.63, 3.8) is 0 Å². The molecule has 0 fully saturated rings. The van der Waals surface area contributed by atoms with Crippen LogP contribution >= 0.6 is 0 Å². The molecule has 0 amide bonds. The Labute approximate surface area is 315 Å². The molecule has 0 saturated carbocycles. The fourth-order valence-corrected chi connectivity index (χ4v) is 7.41. The van der Waals surface area contributed by atoms with Crippen molar-refractivity contribution in [2.24, 2.45) is 0 Å². The molecule has 9 nitrogen and oxygen atoms in total. The minimum atomic E-state index is -0.903. The van der Waals surface area contributed by atoms with Crippen LogP contribution in [0.4, 0.5) is 0 Å². The van der Waals surface area contributed by atoms with E-state index in [0.29, 0.717) is 30.2 Å². The molecule has 2 aromatic heterocycles. The number of esters is 1. The lowest BCUT2D eigenvalue weighted by molar-refractivity contribution is 0.0502. The molecule has 0 bridgehead atoms. The molecular formula is C45H44N6O3. The van der Waals surface area contributed by atoms with E-state index < -0.39 is 17.1 Å². The number of ether oxygens (including phenoxy) is 1. The van der Waals surface area contributed by atoms with Gasteiger partial charge in [-0.05, 0) is 65.8 Å². The molecule has 0 aliphatic carbocycles. The van der Waals surface area contributed by atoms with Gasteiger partial charge in [-0.25, -0.2) is 9.78 Å². The van der Waals surface area contributed by atoms with Gasteiger partial charge in [0.2, 0.25) is 5.82 Å². The largest absolute Gasteiger partial charge is 0.461 e. The third-order valence-electron chi connectivity index (χ3n) is 9.68. The molecule has 5 aromatic carbocycles. The summed E-state index contributed by atoms with van der Waals surface area (Å²) in [6, 6.07) is 47.2. The van der Waals surface area contributed by atoms with E-state index in [1.165, 1.54) is 0 Å². The maximum Gasteiger partial charge on any atom is 0.356 e. The normalized spacial score (nSPS) is 12.4. The number of nitrogens with zero attached hydrogens (tertiary/aromatic N) is 6. The molecular weight excluding hydrogens is 673 g/mol. The van der Waals surface area contributed by atoms with Crippen LogP contribution in [0.3, 0.4) is 0 Å². The molecule has 54 heavy (non-hydrogen) atoms. The molecule has 272 valence electrons. The minimum absolute atomic E-state index is 0.144. The monoisotopic (exact) mass is 716 g/mol. The first-order valence-electron chi connectivity index (χ1n) is 18.3. The predicted octanol–water partition coefficient (Wildman–Crippen LogP) is 8.53. The summed E-state index contributed by atoms with van der Waals surface area (Å²) in [5.74, 6) is -0.0594. The summed E-state index contributed by atoms with van der Waals surface area (Å²) < 4.78 is 7.27. The number of carbonyl (C=O) groups is 1. The van der Waals surface area contributed by atoms with Gasteiger partial charge in [0.15, 0.2) is 11.2 Å². The van der Waals surface area contributed by atoms with E-state index in [0.717, 1.165) is 38.9 Å². The lowest BCUT2D eigenvalue weighted by Gasteiger charge is -2.34. The first-order chi connectivity index (χ1) is 26.2. The molecule has 7 rings (SSSR count). The lowest BCUT2D eigenvalue weighted by Crippen LogP contribution is -2.39. The maximum absolute atomic E-state index is 13.2. The number of carbonyl (C=O) groups excluding carboxylic acids is 1. The van der Waals surface area contributed by atoms with Crippen LogP contribution in [0, 0.1) is 0 Å². The summed E-state index contributed by atoms with van der Waals surface area (Å²) in [4.78, 5) is 19.5. The maximum atomic E-state index is 13.2. The Hall–Kier alpha value is -6.19. The SMILES string of the molecule is CCOC(=O)c1c(C(C)CC(C)(C)O)ncn1Cc1ccc(-c2ccccc2-c2nnn(C(c3ccccc3)(c3ccccc3)c3ccccc3)n2)cc1. The van der Waals surface area contributed by atoms with Crippen molar-refractivity contribution in [1.29, 1.82) is 0 Å². The smallest absolute Gasteiger partial charge is 0.356 e. The number of aliphatic hydroxyl groups is 1. The summed E-state index contributed by atoms with van der Waals surface area (Å²) in [6.45, 7) is 7.96. The van der Waals surface area contributed by atoms with Crippen molar-refractivity contribution < 1.29 is 14.6 Å². The van der Waals surface area contributed by atoms with Crippen molar-refractivity contribution in [2.75, 3.05) is 6.61 Å². The van der Waals surface area contributed by atoms with E-state index in [4.69, 9.17) is 20.1 Å². The number of hydrogen-bond acceptors (Lipinski definition) is 7. The van der Waals surface area contributed by atoms with Gasteiger partial charge in [-0.2, -0.15) is 0 Å². The van der Waals surface area contributed by atoms with Crippen molar-refractivity contribution in [3.05, 3.63) is 179 Å². The molecule has 0 saturated heterocycles. The lowest BCUT2D eigenvalue weighted by atomic mass is 9.77. The summed E-state index contributed by atoms with van der Waals surface area (Å²) in [5, 5.41) is 25.1. The Kier molecular flexibility index (Phi) is 10.3. The van der Waals surface area contributed by atoms with E-state index in [1.807, 2.05) is 84.3 Å². The van der Waals surface area contributed by atoms with Crippen molar-refractivity contribution in [1.82, 2.24) is 29.8 Å². The van der Waals surface area contributed by atoms with Crippen LogP contribution < -0.4 is 0 Å². The van der Waals surface area contributed by atoms with Crippen LogP contribution in [0.2, 0.25) is 0 Å². The number of benzene rings is 5. The van der Waals surface area contributed by atoms with Gasteiger partial charge in [-0.3, -0.25) is 0 Å². The van der Waals surface area contributed by atoms with Gasteiger partial charge >= 0.3 is 5.97 Å². The minimum Gasteiger partial charge on any atom is -0.461 e.